The molecule has 132 valence electrons. The molecule has 0 unspecified atom stereocenters. The molecule has 0 bridgehead atoms. The summed E-state index contributed by atoms with van der Waals surface area (Å²) in [5, 5.41) is 2.97. The SMILES string of the molecule is CCCCCCCCCCCCCCC(=O)NCCN(C)C. The van der Waals surface area contributed by atoms with E-state index < -0.39 is 0 Å². The van der Waals surface area contributed by atoms with Crippen LogP contribution in [0.25, 0.3) is 0 Å². The molecule has 0 aliphatic carbocycles. The van der Waals surface area contributed by atoms with Crippen LogP contribution in [0.2, 0.25) is 0 Å². The maximum absolute atomic E-state index is 11.6. The Morgan fingerprint density at radius 3 is 1.68 bits per heavy atom. The summed E-state index contributed by atoms with van der Waals surface area (Å²) in [6.45, 7) is 3.96. The van der Waals surface area contributed by atoms with E-state index in [0.29, 0.717) is 6.42 Å². The molecule has 0 saturated carbocycles. The van der Waals surface area contributed by atoms with Crippen molar-refractivity contribution < 1.29 is 4.79 Å². The van der Waals surface area contributed by atoms with Crippen molar-refractivity contribution in [3.63, 3.8) is 0 Å². The van der Waals surface area contributed by atoms with E-state index in [0.717, 1.165) is 19.5 Å². The molecule has 0 aromatic heterocycles. The zero-order chi connectivity index (χ0) is 16.5. The van der Waals surface area contributed by atoms with Crippen molar-refractivity contribution in [3.8, 4) is 0 Å². The Morgan fingerprint density at radius 2 is 1.23 bits per heavy atom. The molecular weight excluding hydrogens is 272 g/mol. The number of amides is 1. The quantitative estimate of drug-likeness (QED) is 0.417. The van der Waals surface area contributed by atoms with E-state index >= 15 is 0 Å². The second-order valence-electron chi connectivity index (χ2n) is 6.79. The van der Waals surface area contributed by atoms with Gasteiger partial charge >= 0.3 is 0 Å². The number of nitrogens with zero attached hydrogens (tertiary/aromatic N) is 1. The van der Waals surface area contributed by atoms with Crippen molar-refractivity contribution in [2.75, 3.05) is 27.2 Å². The van der Waals surface area contributed by atoms with Crippen molar-refractivity contribution in [1.29, 1.82) is 0 Å². The van der Waals surface area contributed by atoms with E-state index in [-0.39, 0.29) is 5.91 Å². The summed E-state index contributed by atoms with van der Waals surface area (Å²) in [6.07, 6.45) is 16.8. The van der Waals surface area contributed by atoms with E-state index in [1.807, 2.05) is 14.1 Å². The lowest BCUT2D eigenvalue weighted by Crippen LogP contribution is -2.31. The number of hydrogen-bond acceptors (Lipinski definition) is 2. The minimum atomic E-state index is 0.217. The van der Waals surface area contributed by atoms with Crippen LogP contribution in [0.5, 0.6) is 0 Å². The highest BCUT2D eigenvalue weighted by atomic mass is 16.1. The van der Waals surface area contributed by atoms with E-state index in [2.05, 4.69) is 17.1 Å². The predicted octanol–water partition coefficient (Wildman–Crippen LogP) is 4.76. The zero-order valence-corrected chi connectivity index (χ0v) is 15.5. The van der Waals surface area contributed by atoms with Gasteiger partial charge in [0.25, 0.3) is 0 Å². The minimum absolute atomic E-state index is 0.217. The summed E-state index contributed by atoms with van der Waals surface area (Å²) in [5.74, 6) is 0.217. The third kappa shape index (κ3) is 17.5. The van der Waals surface area contributed by atoms with Gasteiger partial charge in [0.05, 0.1) is 0 Å². The van der Waals surface area contributed by atoms with E-state index in [1.165, 1.54) is 70.6 Å². The number of rotatable bonds is 16. The molecule has 0 spiro atoms. The molecule has 3 heteroatoms. The van der Waals surface area contributed by atoms with Crippen LogP contribution in [0.3, 0.4) is 0 Å². The summed E-state index contributed by atoms with van der Waals surface area (Å²) in [5.41, 5.74) is 0. The van der Waals surface area contributed by atoms with Crippen LogP contribution in [0, 0.1) is 0 Å². The van der Waals surface area contributed by atoms with E-state index in [4.69, 9.17) is 0 Å². The van der Waals surface area contributed by atoms with Crippen LogP contribution in [-0.4, -0.2) is 38.0 Å². The van der Waals surface area contributed by atoms with Gasteiger partial charge in [-0.1, -0.05) is 77.6 Å². The Kier molecular flexibility index (Phi) is 16.4. The van der Waals surface area contributed by atoms with Crippen LogP contribution in [0.4, 0.5) is 0 Å². The topological polar surface area (TPSA) is 32.3 Å². The molecule has 0 rings (SSSR count). The molecule has 0 atom stereocenters. The number of likely N-dealkylation sites (N-methyl/N-ethyl adjacent to an activating group) is 1. The van der Waals surface area contributed by atoms with Crippen LogP contribution in [-0.2, 0) is 4.79 Å². The molecule has 0 aromatic rings. The first-order chi connectivity index (χ1) is 10.7. The van der Waals surface area contributed by atoms with Gasteiger partial charge in [-0.15, -0.1) is 0 Å². The summed E-state index contributed by atoms with van der Waals surface area (Å²) >= 11 is 0. The van der Waals surface area contributed by atoms with Gasteiger partial charge in [0.1, 0.15) is 0 Å². The molecule has 0 fully saturated rings. The lowest BCUT2D eigenvalue weighted by Gasteiger charge is -2.10. The van der Waals surface area contributed by atoms with Crippen LogP contribution < -0.4 is 5.32 Å². The van der Waals surface area contributed by atoms with Crippen molar-refractivity contribution in [1.82, 2.24) is 10.2 Å². The van der Waals surface area contributed by atoms with Crippen LogP contribution in [0.15, 0.2) is 0 Å². The average molecular weight is 313 g/mol. The Bertz CT molecular complexity index is 242. The summed E-state index contributed by atoms with van der Waals surface area (Å²) < 4.78 is 0. The maximum Gasteiger partial charge on any atom is 0.220 e. The molecule has 0 saturated heterocycles. The van der Waals surface area contributed by atoms with Crippen molar-refractivity contribution in [3.05, 3.63) is 0 Å². The molecule has 0 aliphatic heterocycles. The Hall–Kier alpha value is -0.570. The fourth-order valence-electron chi connectivity index (χ4n) is 2.63. The molecular formula is C19H40N2O. The van der Waals surface area contributed by atoms with Crippen LogP contribution in [0.1, 0.15) is 90.4 Å². The minimum Gasteiger partial charge on any atom is -0.355 e. The van der Waals surface area contributed by atoms with Crippen molar-refractivity contribution in [2.24, 2.45) is 0 Å². The first-order valence-corrected chi connectivity index (χ1v) is 9.58. The number of carbonyl (C=O) groups is 1. The van der Waals surface area contributed by atoms with Gasteiger partial charge in [-0.05, 0) is 20.5 Å². The summed E-state index contributed by atoms with van der Waals surface area (Å²) in [6, 6.07) is 0. The first-order valence-electron chi connectivity index (χ1n) is 9.58. The van der Waals surface area contributed by atoms with E-state index in [9.17, 15) is 4.79 Å². The van der Waals surface area contributed by atoms with Gasteiger partial charge in [-0.2, -0.15) is 0 Å². The van der Waals surface area contributed by atoms with Gasteiger partial charge in [0, 0.05) is 19.5 Å². The lowest BCUT2D eigenvalue weighted by molar-refractivity contribution is -0.121. The largest absolute Gasteiger partial charge is 0.355 e. The maximum atomic E-state index is 11.6. The van der Waals surface area contributed by atoms with Crippen LogP contribution >= 0.6 is 0 Å². The van der Waals surface area contributed by atoms with Crippen molar-refractivity contribution >= 4 is 5.91 Å². The standard InChI is InChI=1S/C19H40N2O/c1-4-5-6-7-8-9-10-11-12-13-14-15-16-19(22)20-17-18-21(2)3/h4-18H2,1-3H3,(H,20,22). The third-order valence-electron chi connectivity index (χ3n) is 4.14. The predicted molar refractivity (Wildman–Crippen MR) is 97.3 cm³/mol. The van der Waals surface area contributed by atoms with E-state index in [1.54, 1.807) is 0 Å². The smallest absolute Gasteiger partial charge is 0.220 e. The van der Waals surface area contributed by atoms with Gasteiger partial charge in [0.2, 0.25) is 5.91 Å². The Balaban J connectivity index is 3.12. The fourth-order valence-corrected chi connectivity index (χ4v) is 2.63. The Labute approximate surface area is 139 Å². The monoisotopic (exact) mass is 312 g/mol. The summed E-state index contributed by atoms with van der Waals surface area (Å²) in [4.78, 5) is 13.7. The molecule has 3 nitrogen and oxygen atoms in total. The fraction of sp³-hybridized carbons (Fsp3) is 0.947. The third-order valence-corrected chi connectivity index (χ3v) is 4.14. The molecule has 0 heterocycles. The van der Waals surface area contributed by atoms with Gasteiger partial charge in [0.15, 0.2) is 0 Å². The summed E-state index contributed by atoms with van der Waals surface area (Å²) in [7, 11) is 4.05. The van der Waals surface area contributed by atoms with Gasteiger partial charge in [-0.3, -0.25) is 4.79 Å². The highest BCUT2D eigenvalue weighted by Crippen LogP contribution is 2.12. The molecule has 1 N–H and O–H groups in total. The highest BCUT2D eigenvalue weighted by Gasteiger charge is 2.00. The number of unbranched alkanes of at least 4 members (excludes halogenated alkanes) is 11. The molecule has 0 radical (unpaired) electrons. The zero-order valence-electron chi connectivity index (χ0n) is 15.5. The lowest BCUT2D eigenvalue weighted by atomic mass is 10.0. The number of carbonyl (C=O) groups excluding carboxylic acids is 1. The normalized spacial score (nSPS) is 11.1. The molecule has 0 aromatic carbocycles. The van der Waals surface area contributed by atoms with Crippen molar-refractivity contribution in [2.45, 2.75) is 90.4 Å². The number of nitrogens with one attached hydrogen (secondary N) is 1. The highest BCUT2D eigenvalue weighted by molar-refractivity contribution is 5.75. The molecule has 0 aliphatic rings. The van der Waals surface area contributed by atoms with Gasteiger partial charge in [-0.25, -0.2) is 0 Å². The van der Waals surface area contributed by atoms with Gasteiger partial charge < -0.3 is 10.2 Å². The molecule has 22 heavy (non-hydrogen) atoms. The second-order valence-corrected chi connectivity index (χ2v) is 6.79. The average Bonchev–Trinajstić information content (AvgIpc) is 2.48. The number of hydrogen-bond donors (Lipinski definition) is 1. The first kappa shape index (κ1) is 21.4. The molecule has 1 amide bonds. The Morgan fingerprint density at radius 1 is 0.773 bits per heavy atom. The second kappa shape index (κ2) is 16.8.